The molecule has 2 N–H and O–H groups in total. The van der Waals surface area contributed by atoms with Crippen LogP contribution in [-0.2, 0) is 13.1 Å². The molecule has 0 aliphatic carbocycles. The Morgan fingerprint density at radius 2 is 1.85 bits per heavy atom. The van der Waals surface area contributed by atoms with Crippen molar-refractivity contribution in [2.45, 2.75) is 20.0 Å². The van der Waals surface area contributed by atoms with Crippen LogP contribution < -0.4 is 10.6 Å². The van der Waals surface area contributed by atoms with Crippen molar-refractivity contribution in [3.63, 3.8) is 0 Å². The van der Waals surface area contributed by atoms with Crippen LogP contribution in [0.5, 0.6) is 0 Å². The summed E-state index contributed by atoms with van der Waals surface area (Å²) in [7, 11) is 3.50. The van der Waals surface area contributed by atoms with Crippen molar-refractivity contribution >= 4 is 63.1 Å². The zero-order valence-electron chi connectivity index (χ0n) is 15.1. The van der Waals surface area contributed by atoms with E-state index in [4.69, 9.17) is 0 Å². The number of halogens is 2. The maximum atomic E-state index is 11.9. The molecule has 0 unspecified atom stereocenters. The number of carbonyl (C=O) groups excluding carboxylic acids is 1. The molecule has 1 amide bonds. The van der Waals surface area contributed by atoms with Crippen LogP contribution in [0.4, 0.5) is 0 Å². The lowest BCUT2D eigenvalue weighted by atomic mass is 10.1. The Balaban J connectivity index is 0.00000338. The maximum Gasteiger partial charge on any atom is 0.253 e. The molecule has 26 heavy (non-hydrogen) atoms. The summed E-state index contributed by atoms with van der Waals surface area (Å²) in [5.74, 6) is 0.785. The van der Waals surface area contributed by atoms with Crippen molar-refractivity contribution in [3.8, 4) is 0 Å². The minimum atomic E-state index is 0. The van der Waals surface area contributed by atoms with Gasteiger partial charge in [0.1, 0.15) is 0 Å². The molecule has 5 nitrogen and oxygen atoms in total. The van der Waals surface area contributed by atoms with Gasteiger partial charge in [-0.25, -0.2) is 4.99 Å². The fourth-order valence-electron chi connectivity index (χ4n) is 2.14. The van der Waals surface area contributed by atoms with Crippen LogP contribution in [0.1, 0.15) is 27.7 Å². The van der Waals surface area contributed by atoms with E-state index in [2.05, 4.69) is 37.6 Å². The normalized spacial score (nSPS) is 10.8. The Labute approximate surface area is 184 Å². The lowest BCUT2D eigenvalue weighted by Crippen LogP contribution is -2.36. The van der Waals surface area contributed by atoms with Gasteiger partial charge in [0.25, 0.3) is 5.91 Å². The third kappa shape index (κ3) is 7.24. The summed E-state index contributed by atoms with van der Waals surface area (Å²) < 4.78 is 1.12. The lowest BCUT2D eigenvalue weighted by Gasteiger charge is -2.11. The summed E-state index contributed by atoms with van der Waals surface area (Å²) in [4.78, 5) is 19.3. The highest BCUT2D eigenvalue weighted by molar-refractivity contribution is 14.0. The van der Waals surface area contributed by atoms with E-state index in [-0.39, 0.29) is 29.9 Å². The van der Waals surface area contributed by atoms with Crippen molar-refractivity contribution in [1.29, 1.82) is 0 Å². The van der Waals surface area contributed by atoms with Crippen LogP contribution in [0.15, 0.2) is 45.2 Å². The molecule has 0 saturated carbocycles. The fraction of sp³-hybridized carbons (Fsp3) is 0.333. The van der Waals surface area contributed by atoms with E-state index in [0.29, 0.717) is 12.1 Å². The molecule has 8 heteroatoms. The molecule has 2 rings (SSSR count). The van der Waals surface area contributed by atoms with Crippen LogP contribution in [0.2, 0.25) is 0 Å². The van der Waals surface area contributed by atoms with Gasteiger partial charge in [-0.15, -0.1) is 35.3 Å². The van der Waals surface area contributed by atoms with Crippen molar-refractivity contribution in [2.24, 2.45) is 4.99 Å². The number of benzene rings is 1. The molecule has 0 spiro atoms. The van der Waals surface area contributed by atoms with Crippen molar-refractivity contribution in [2.75, 3.05) is 20.6 Å². The Bertz CT molecular complexity index is 731. The van der Waals surface area contributed by atoms with Gasteiger partial charge in [-0.1, -0.05) is 12.1 Å². The first-order valence-corrected chi connectivity index (χ1v) is 9.67. The van der Waals surface area contributed by atoms with Crippen molar-refractivity contribution in [1.82, 2.24) is 15.5 Å². The van der Waals surface area contributed by atoms with E-state index in [9.17, 15) is 4.79 Å². The predicted octanol–water partition coefficient (Wildman–Crippen LogP) is 4.09. The second-order valence-electron chi connectivity index (χ2n) is 5.65. The van der Waals surface area contributed by atoms with E-state index in [0.717, 1.165) is 28.4 Å². The Kier molecular flexibility index (Phi) is 10.2. The predicted molar refractivity (Wildman–Crippen MR) is 124 cm³/mol. The van der Waals surface area contributed by atoms with Crippen molar-refractivity contribution < 1.29 is 4.79 Å². The number of thiophene rings is 1. The number of nitrogens with one attached hydrogen (secondary N) is 2. The van der Waals surface area contributed by atoms with E-state index in [1.165, 1.54) is 4.88 Å². The van der Waals surface area contributed by atoms with Crippen LogP contribution in [0.3, 0.4) is 0 Å². The summed E-state index contributed by atoms with van der Waals surface area (Å²) in [6.45, 7) is 4.13. The molecule has 142 valence electrons. The largest absolute Gasteiger partial charge is 0.357 e. The third-order valence-corrected chi connectivity index (χ3v) is 5.05. The number of hydrogen-bond acceptors (Lipinski definition) is 3. The lowest BCUT2D eigenvalue weighted by molar-refractivity contribution is 0.0827. The third-order valence-electron chi connectivity index (χ3n) is 3.43. The van der Waals surface area contributed by atoms with Gasteiger partial charge in [0.15, 0.2) is 5.96 Å². The molecule has 1 heterocycles. The van der Waals surface area contributed by atoms with Gasteiger partial charge in [-0.3, -0.25) is 4.79 Å². The van der Waals surface area contributed by atoms with E-state index in [1.54, 1.807) is 30.3 Å². The number of carbonyl (C=O) groups is 1. The van der Waals surface area contributed by atoms with Crippen LogP contribution >= 0.6 is 51.2 Å². The second kappa shape index (κ2) is 11.6. The highest BCUT2D eigenvalue weighted by atomic mass is 127. The van der Waals surface area contributed by atoms with E-state index < -0.39 is 0 Å². The second-order valence-corrected chi connectivity index (χ2v) is 8.20. The van der Waals surface area contributed by atoms with Gasteiger partial charge < -0.3 is 15.5 Å². The van der Waals surface area contributed by atoms with E-state index >= 15 is 0 Å². The number of hydrogen-bond donors (Lipinski definition) is 2. The Morgan fingerprint density at radius 1 is 1.15 bits per heavy atom. The molecule has 0 bridgehead atoms. The zero-order chi connectivity index (χ0) is 18.2. The first-order valence-electron chi connectivity index (χ1n) is 8.06. The van der Waals surface area contributed by atoms with Gasteiger partial charge in [-0.05, 0) is 52.7 Å². The fourth-order valence-corrected chi connectivity index (χ4v) is 3.56. The first kappa shape index (κ1) is 22.9. The number of aliphatic imine (C=N–C) groups is 1. The molecule has 0 radical (unpaired) electrons. The van der Waals surface area contributed by atoms with Crippen LogP contribution in [-0.4, -0.2) is 37.4 Å². The first-order chi connectivity index (χ1) is 12.0. The standard InChI is InChI=1S/C18H23BrN4OS.HI/c1-4-20-18(22-12-15-9-10-16(19)25-15)21-11-13-5-7-14(8-6-13)17(24)23(2)3;/h5-10H,4,11-12H2,1-3H3,(H2,20,21,22);1H. The van der Waals surface area contributed by atoms with Crippen LogP contribution in [0, 0.1) is 0 Å². The SMILES string of the molecule is CCNC(=NCc1ccc(C(=O)N(C)C)cc1)NCc1ccc(Br)s1.I. The minimum absolute atomic E-state index is 0. The summed E-state index contributed by atoms with van der Waals surface area (Å²) in [6, 6.07) is 11.7. The quantitative estimate of drug-likeness (QED) is 0.324. The highest BCUT2D eigenvalue weighted by Crippen LogP contribution is 2.21. The van der Waals surface area contributed by atoms with Crippen LogP contribution in [0.25, 0.3) is 0 Å². The van der Waals surface area contributed by atoms with Gasteiger partial charge in [-0.2, -0.15) is 0 Å². The smallest absolute Gasteiger partial charge is 0.253 e. The topological polar surface area (TPSA) is 56.7 Å². The summed E-state index contributed by atoms with van der Waals surface area (Å²) in [6.07, 6.45) is 0. The Hall–Kier alpha value is -1.13. The zero-order valence-corrected chi connectivity index (χ0v) is 19.8. The molecule has 1 aromatic carbocycles. The summed E-state index contributed by atoms with van der Waals surface area (Å²) >= 11 is 5.18. The summed E-state index contributed by atoms with van der Waals surface area (Å²) in [5, 5.41) is 6.58. The molecular weight excluding hydrogens is 527 g/mol. The van der Waals surface area contributed by atoms with Gasteiger partial charge in [0.2, 0.25) is 0 Å². The minimum Gasteiger partial charge on any atom is -0.357 e. The van der Waals surface area contributed by atoms with E-state index in [1.807, 2.05) is 37.3 Å². The van der Waals surface area contributed by atoms with Gasteiger partial charge in [0, 0.05) is 31.1 Å². The molecule has 1 aromatic heterocycles. The number of amides is 1. The number of rotatable bonds is 6. The molecule has 0 aliphatic rings. The molecule has 0 fully saturated rings. The molecule has 2 aromatic rings. The number of nitrogens with zero attached hydrogens (tertiary/aromatic N) is 2. The molecule has 0 atom stereocenters. The monoisotopic (exact) mass is 550 g/mol. The van der Waals surface area contributed by atoms with Crippen molar-refractivity contribution in [3.05, 3.63) is 56.2 Å². The average Bonchev–Trinajstić information content (AvgIpc) is 3.02. The van der Waals surface area contributed by atoms with Gasteiger partial charge >= 0.3 is 0 Å². The summed E-state index contributed by atoms with van der Waals surface area (Å²) in [5.41, 5.74) is 1.75. The van der Waals surface area contributed by atoms with Gasteiger partial charge in [0.05, 0.1) is 16.9 Å². The Morgan fingerprint density at radius 3 is 2.38 bits per heavy atom. The molecular formula is C18H24BrIN4OS. The maximum absolute atomic E-state index is 11.9. The highest BCUT2D eigenvalue weighted by Gasteiger charge is 2.07. The molecule has 0 saturated heterocycles. The number of guanidine groups is 1. The average molecular weight is 551 g/mol. The molecule has 0 aliphatic heterocycles.